The van der Waals surface area contributed by atoms with Crippen molar-refractivity contribution in [2.45, 2.75) is 12.8 Å². The van der Waals surface area contributed by atoms with Gasteiger partial charge in [0, 0.05) is 23.3 Å². The lowest BCUT2D eigenvalue weighted by Gasteiger charge is -2.07. The summed E-state index contributed by atoms with van der Waals surface area (Å²) in [7, 11) is 0. The monoisotopic (exact) mass is 357 g/mol. The highest BCUT2D eigenvalue weighted by Crippen LogP contribution is 2.19. The van der Waals surface area contributed by atoms with E-state index in [2.05, 4.69) is 10.4 Å². The summed E-state index contributed by atoms with van der Waals surface area (Å²) < 4.78 is 15.5. The van der Waals surface area contributed by atoms with Crippen molar-refractivity contribution in [1.82, 2.24) is 15.1 Å². The molecule has 2 aromatic carbocycles. The number of rotatable bonds is 6. The van der Waals surface area contributed by atoms with Crippen molar-refractivity contribution in [2.75, 3.05) is 6.54 Å². The largest absolute Gasteiger partial charge is 0.355 e. The maximum Gasteiger partial charge on any atom is 0.224 e. The summed E-state index contributed by atoms with van der Waals surface area (Å²) in [5, 5.41) is 7.36. The van der Waals surface area contributed by atoms with Crippen molar-refractivity contribution in [2.24, 2.45) is 0 Å². The maximum absolute atomic E-state index is 13.7. The zero-order valence-electron chi connectivity index (χ0n) is 13.5. The lowest BCUT2D eigenvalue weighted by molar-refractivity contribution is -0.120. The fourth-order valence-corrected chi connectivity index (χ4v) is 2.71. The number of amides is 1. The first-order chi connectivity index (χ1) is 12.1. The smallest absolute Gasteiger partial charge is 0.224 e. The van der Waals surface area contributed by atoms with E-state index < -0.39 is 5.82 Å². The molecule has 0 unspecified atom stereocenters. The number of halogens is 2. The second-order valence-electron chi connectivity index (χ2n) is 5.61. The van der Waals surface area contributed by atoms with Crippen molar-refractivity contribution >= 4 is 17.5 Å². The summed E-state index contributed by atoms with van der Waals surface area (Å²) in [5.41, 5.74) is 2.21. The lowest BCUT2D eigenvalue weighted by atomic mass is 10.1. The molecule has 0 aliphatic carbocycles. The van der Waals surface area contributed by atoms with E-state index >= 15 is 0 Å². The molecule has 0 bridgehead atoms. The van der Waals surface area contributed by atoms with Gasteiger partial charge in [-0.2, -0.15) is 5.10 Å². The molecule has 0 radical (unpaired) electrons. The van der Waals surface area contributed by atoms with E-state index in [1.165, 1.54) is 12.1 Å². The van der Waals surface area contributed by atoms with E-state index in [0.717, 1.165) is 11.3 Å². The molecule has 0 saturated carbocycles. The van der Waals surface area contributed by atoms with Crippen molar-refractivity contribution < 1.29 is 9.18 Å². The second-order valence-corrected chi connectivity index (χ2v) is 6.01. The molecule has 6 heteroatoms. The highest BCUT2D eigenvalue weighted by molar-refractivity contribution is 6.31. The van der Waals surface area contributed by atoms with Crippen LogP contribution in [0.2, 0.25) is 5.02 Å². The molecule has 1 aromatic heterocycles. The van der Waals surface area contributed by atoms with Crippen LogP contribution < -0.4 is 5.32 Å². The average molecular weight is 358 g/mol. The molecule has 0 saturated heterocycles. The molecule has 4 nitrogen and oxygen atoms in total. The highest BCUT2D eigenvalue weighted by atomic mass is 35.5. The quantitative estimate of drug-likeness (QED) is 0.733. The Morgan fingerprint density at radius 2 is 1.96 bits per heavy atom. The number of hydrogen-bond acceptors (Lipinski definition) is 2. The third kappa shape index (κ3) is 4.45. The molecule has 128 valence electrons. The van der Waals surface area contributed by atoms with Crippen LogP contribution in [0.3, 0.4) is 0 Å². The number of nitrogens with zero attached hydrogens (tertiary/aromatic N) is 2. The topological polar surface area (TPSA) is 46.9 Å². The Morgan fingerprint density at radius 1 is 1.16 bits per heavy atom. The molecule has 0 aliphatic heterocycles. The van der Waals surface area contributed by atoms with Crippen LogP contribution in [-0.2, 0) is 17.6 Å². The van der Waals surface area contributed by atoms with Crippen LogP contribution in [0, 0.1) is 5.82 Å². The Morgan fingerprint density at radius 3 is 2.72 bits per heavy atom. The fraction of sp³-hybridized carbons (Fsp3) is 0.158. The van der Waals surface area contributed by atoms with E-state index in [4.69, 9.17) is 11.6 Å². The van der Waals surface area contributed by atoms with Gasteiger partial charge in [0.2, 0.25) is 5.91 Å². The summed E-state index contributed by atoms with van der Waals surface area (Å²) in [6.07, 6.45) is 4.26. The molecule has 3 aromatic rings. The van der Waals surface area contributed by atoms with E-state index in [9.17, 15) is 9.18 Å². The normalized spacial score (nSPS) is 10.6. The molecule has 0 atom stereocenters. The third-order valence-corrected chi connectivity index (χ3v) is 4.15. The molecule has 1 N–H and O–H groups in total. The number of benzene rings is 2. The number of nitrogens with one attached hydrogen (secondary N) is 1. The lowest BCUT2D eigenvalue weighted by Crippen LogP contribution is -2.27. The molecular formula is C19H17ClFN3O. The van der Waals surface area contributed by atoms with Gasteiger partial charge in [0.1, 0.15) is 5.82 Å². The van der Waals surface area contributed by atoms with E-state index in [-0.39, 0.29) is 22.9 Å². The summed E-state index contributed by atoms with van der Waals surface area (Å²) in [6.45, 7) is 0.450. The summed E-state index contributed by atoms with van der Waals surface area (Å²) in [4.78, 5) is 12.0. The van der Waals surface area contributed by atoms with Gasteiger partial charge < -0.3 is 5.32 Å². The second kappa shape index (κ2) is 7.94. The van der Waals surface area contributed by atoms with Gasteiger partial charge in [0.25, 0.3) is 0 Å². The predicted molar refractivity (Wildman–Crippen MR) is 95.4 cm³/mol. The van der Waals surface area contributed by atoms with E-state index in [1.807, 2.05) is 36.5 Å². The number of carbonyl (C=O) groups excluding carboxylic acids is 1. The molecule has 25 heavy (non-hydrogen) atoms. The first-order valence-corrected chi connectivity index (χ1v) is 8.30. The average Bonchev–Trinajstić information content (AvgIpc) is 3.08. The Bertz CT molecular complexity index is 844. The first kappa shape index (κ1) is 17.2. The van der Waals surface area contributed by atoms with Gasteiger partial charge in [-0.3, -0.25) is 4.79 Å². The predicted octanol–water partition coefficient (Wildman–Crippen LogP) is 3.57. The third-order valence-electron chi connectivity index (χ3n) is 3.79. The van der Waals surface area contributed by atoms with Gasteiger partial charge in [-0.25, -0.2) is 9.07 Å². The van der Waals surface area contributed by atoms with E-state index in [0.29, 0.717) is 13.0 Å². The highest BCUT2D eigenvalue weighted by Gasteiger charge is 2.11. The number of para-hydroxylation sites is 1. The molecule has 0 fully saturated rings. The molecule has 1 heterocycles. The number of aromatic nitrogens is 2. The van der Waals surface area contributed by atoms with Crippen molar-refractivity contribution in [3.63, 3.8) is 0 Å². The summed E-state index contributed by atoms with van der Waals surface area (Å²) in [5.74, 6) is -0.728. The Balaban J connectivity index is 1.51. The summed E-state index contributed by atoms with van der Waals surface area (Å²) >= 11 is 5.93. The van der Waals surface area contributed by atoms with Crippen LogP contribution in [0.1, 0.15) is 11.1 Å². The van der Waals surface area contributed by atoms with Crippen LogP contribution in [0.4, 0.5) is 4.39 Å². The van der Waals surface area contributed by atoms with Gasteiger partial charge in [-0.1, -0.05) is 35.9 Å². The standard InChI is InChI=1S/C19H17ClFN3O/c20-17-7-4-8-18(21)16(17)11-19(25)22-10-9-14-12-23-24(13-14)15-5-2-1-3-6-15/h1-8,12-13H,9-11H2,(H,22,25). The molecule has 3 rings (SSSR count). The van der Waals surface area contributed by atoms with Crippen molar-refractivity contribution in [1.29, 1.82) is 0 Å². The van der Waals surface area contributed by atoms with Crippen LogP contribution in [0.15, 0.2) is 60.9 Å². The van der Waals surface area contributed by atoms with Gasteiger partial charge in [-0.15, -0.1) is 0 Å². The van der Waals surface area contributed by atoms with Crippen molar-refractivity contribution in [3.05, 3.63) is 82.9 Å². The van der Waals surface area contributed by atoms with E-state index in [1.54, 1.807) is 16.9 Å². The van der Waals surface area contributed by atoms with Gasteiger partial charge in [-0.05, 0) is 36.2 Å². The molecule has 0 spiro atoms. The minimum Gasteiger partial charge on any atom is -0.355 e. The Labute approximate surface area is 150 Å². The molecule has 1 amide bonds. The summed E-state index contributed by atoms with van der Waals surface area (Å²) in [6, 6.07) is 14.2. The minimum atomic E-state index is -0.466. The molecule has 0 aliphatic rings. The Kier molecular flexibility index (Phi) is 5.46. The minimum absolute atomic E-state index is 0.0746. The van der Waals surface area contributed by atoms with Gasteiger partial charge >= 0.3 is 0 Å². The zero-order valence-corrected chi connectivity index (χ0v) is 14.2. The van der Waals surface area contributed by atoms with Gasteiger partial charge in [0.05, 0.1) is 18.3 Å². The SMILES string of the molecule is O=C(Cc1c(F)cccc1Cl)NCCc1cnn(-c2ccccc2)c1. The van der Waals surface area contributed by atoms with Crippen LogP contribution in [0.25, 0.3) is 5.69 Å². The van der Waals surface area contributed by atoms with Crippen LogP contribution >= 0.6 is 11.6 Å². The van der Waals surface area contributed by atoms with Crippen molar-refractivity contribution in [3.8, 4) is 5.69 Å². The van der Waals surface area contributed by atoms with Crippen LogP contribution in [0.5, 0.6) is 0 Å². The fourth-order valence-electron chi connectivity index (χ4n) is 2.48. The molecular weight excluding hydrogens is 341 g/mol. The maximum atomic E-state index is 13.7. The number of carbonyl (C=O) groups is 1. The van der Waals surface area contributed by atoms with Gasteiger partial charge in [0.15, 0.2) is 0 Å². The zero-order chi connectivity index (χ0) is 17.6. The number of hydrogen-bond donors (Lipinski definition) is 1. The Hall–Kier alpha value is -2.66. The first-order valence-electron chi connectivity index (χ1n) is 7.92. The van der Waals surface area contributed by atoms with Crippen LogP contribution in [-0.4, -0.2) is 22.2 Å².